The van der Waals surface area contributed by atoms with Crippen molar-refractivity contribution >= 4 is 35.7 Å². The molecule has 18 heavy (non-hydrogen) atoms. The summed E-state index contributed by atoms with van der Waals surface area (Å²) < 4.78 is 0. The second-order valence-corrected chi connectivity index (χ2v) is 5.36. The average molecular weight is 291 g/mol. The second kappa shape index (κ2) is 10.3. The standard InChI is InChI=1S/C12H22N4S.ClH/c1-10(2)8-17-12(14-9-15-13)16-11-6-4-3-5-7-11;/h9,11H,1,3-8,13H2,2H3,(H,14,15,16);1H. The summed E-state index contributed by atoms with van der Waals surface area (Å²) in [4.78, 5) is 4.73. The molecule has 1 aliphatic rings. The Morgan fingerprint density at radius 1 is 1.44 bits per heavy atom. The van der Waals surface area contributed by atoms with Crippen LogP contribution in [-0.4, -0.2) is 23.3 Å². The molecule has 0 amide bonds. The first-order chi connectivity index (χ1) is 8.22. The maximum absolute atomic E-state index is 5.09. The first kappa shape index (κ1) is 17.3. The summed E-state index contributed by atoms with van der Waals surface area (Å²) in [6, 6.07) is 0.454. The van der Waals surface area contributed by atoms with E-state index >= 15 is 0 Å². The number of rotatable bonds is 4. The van der Waals surface area contributed by atoms with Crippen molar-refractivity contribution in [3.63, 3.8) is 0 Å². The largest absolute Gasteiger partial charge is 0.324 e. The Morgan fingerprint density at radius 2 is 2.11 bits per heavy atom. The maximum atomic E-state index is 5.09. The van der Waals surface area contributed by atoms with E-state index in [2.05, 4.69) is 17.0 Å². The van der Waals surface area contributed by atoms with E-state index in [-0.39, 0.29) is 12.4 Å². The number of thioether (sulfide) groups is 1. The van der Waals surface area contributed by atoms with Gasteiger partial charge in [0, 0.05) is 5.75 Å². The van der Waals surface area contributed by atoms with Crippen molar-refractivity contribution in [1.82, 2.24) is 5.32 Å². The third-order valence-corrected chi connectivity index (χ3v) is 3.73. The van der Waals surface area contributed by atoms with Crippen LogP contribution in [0.25, 0.3) is 0 Å². The molecule has 0 unspecified atom stereocenters. The van der Waals surface area contributed by atoms with Gasteiger partial charge in [0.1, 0.15) is 6.34 Å². The first-order valence-corrected chi connectivity index (χ1v) is 7.04. The van der Waals surface area contributed by atoms with Gasteiger partial charge in [-0.25, -0.2) is 0 Å². The van der Waals surface area contributed by atoms with Gasteiger partial charge in [-0.2, -0.15) is 5.10 Å². The summed E-state index contributed by atoms with van der Waals surface area (Å²) >= 11 is 1.66. The number of halogens is 1. The van der Waals surface area contributed by atoms with E-state index in [0.29, 0.717) is 6.04 Å². The zero-order valence-corrected chi connectivity index (χ0v) is 12.5. The fraction of sp³-hybridized carbons (Fsp3) is 0.667. The topological polar surface area (TPSA) is 62.8 Å². The molecule has 0 radical (unpaired) electrons. The lowest BCUT2D eigenvalue weighted by Gasteiger charge is -2.19. The van der Waals surface area contributed by atoms with E-state index in [1.807, 2.05) is 6.92 Å². The van der Waals surface area contributed by atoms with Crippen LogP contribution in [0, 0.1) is 0 Å². The summed E-state index contributed by atoms with van der Waals surface area (Å²) in [7, 11) is 0. The Hall–Kier alpha value is -0.680. The molecular weight excluding hydrogens is 268 g/mol. The van der Waals surface area contributed by atoms with Gasteiger partial charge in [-0.15, -0.1) is 12.4 Å². The Balaban J connectivity index is 0.00000289. The fourth-order valence-electron chi connectivity index (χ4n) is 1.78. The second-order valence-electron chi connectivity index (χ2n) is 4.39. The van der Waals surface area contributed by atoms with Gasteiger partial charge >= 0.3 is 0 Å². The van der Waals surface area contributed by atoms with Gasteiger partial charge in [0.05, 0.1) is 6.04 Å². The van der Waals surface area contributed by atoms with E-state index in [1.165, 1.54) is 38.4 Å². The van der Waals surface area contributed by atoms with Gasteiger partial charge < -0.3 is 11.2 Å². The quantitative estimate of drug-likeness (QED) is 0.275. The van der Waals surface area contributed by atoms with Crippen LogP contribution in [0.1, 0.15) is 39.0 Å². The van der Waals surface area contributed by atoms with Gasteiger partial charge in [0.15, 0.2) is 5.17 Å². The Labute approximate surface area is 120 Å². The van der Waals surface area contributed by atoms with E-state index in [4.69, 9.17) is 10.8 Å². The monoisotopic (exact) mass is 290 g/mol. The van der Waals surface area contributed by atoms with E-state index in [9.17, 15) is 0 Å². The first-order valence-electron chi connectivity index (χ1n) is 6.05. The lowest BCUT2D eigenvalue weighted by molar-refractivity contribution is 0.443. The number of hydrogen-bond donors (Lipinski definition) is 2. The minimum Gasteiger partial charge on any atom is -0.324 e. The number of aliphatic imine (C=N–C) groups is 1. The Kier molecular flexibility index (Phi) is 9.87. The van der Waals surface area contributed by atoms with Crippen LogP contribution < -0.4 is 11.2 Å². The molecule has 4 nitrogen and oxygen atoms in total. The number of nitrogens with zero attached hydrogens (tertiary/aromatic N) is 2. The number of hydrazone groups is 1. The van der Waals surface area contributed by atoms with Crippen molar-refractivity contribution in [3.05, 3.63) is 12.2 Å². The molecule has 0 aromatic carbocycles. The molecule has 3 N–H and O–H groups in total. The highest BCUT2D eigenvalue weighted by molar-refractivity contribution is 8.14. The summed E-state index contributed by atoms with van der Waals surface area (Å²) in [5.74, 6) is 5.96. The van der Waals surface area contributed by atoms with Gasteiger partial charge in [0.2, 0.25) is 0 Å². The zero-order valence-electron chi connectivity index (χ0n) is 10.9. The third kappa shape index (κ3) is 7.61. The molecular formula is C12H23ClN4S. The minimum atomic E-state index is 0. The number of nitrogens with two attached hydrogens (primary N) is 1. The molecule has 0 atom stereocenters. The lowest BCUT2D eigenvalue weighted by Crippen LogP contribution is -2.23. The van der Waals surface area contributed by atoms with Gasteiger partial charge in [-0.05, 0) is 19.8 Å². The number of hydrogen-bond acceptors (Lipinski definition) is 4. The highest BCUT2D eigenvalue weighted by atomic mass is 35.5. The van der Waals surface area contributed by atoms with Crippen LogP contribution in [0.3, 0.4) is 0 Å². The molecule has 0 heterocycles. The van der Waals surface area contributed by atoms with Crippen molar-refractivity contribution in [2.45, 2.75) is 45.1 Å². The molecule has 104 valence electrons. The molecule has 6 heteroatoms. The predicted octanol–water partition coefficient (Wildman–Crippen LogP) is 2.90. The van der Waals surface area contributed by atoms with Crippen molar-refractivity contribution < 1.29 is 0 Å². The Morgan fingerprint density at radius 3 is 2.67 bits per heavy atom. The smallest absolute Gasteiger partial charge is 0.162 e. The van der Waals surface area contributed by atoms with Crippen LogP contribution in [-0.2, 0) is 0 Å². The van der Waals surface area contributed by atoms with Crippen LogP contribution in [0.2, 0.25) is 0 Å². The minimum absolute atomic E-state index is 0. The molecule has 0 aromatic heterocycles. The fourth-order valence-corrected chi connectivity index (χ4v) is 2.52. The molecule has 0 bridgehead atoms. The van der Waals surface area contributed by atoms with Gasteiger partial charge in [-0.3, -0.25) is 4.99 Å². The molecule has 1 fully saturated rings. The van der Waals surface area contributed by atoms with E-state index < -0.39 is 0 Å². The molecule has 1 saturated carbocycles. The summed E-state index contributed by atoms with van der Waals surface area (Å²) in [6.45, 7) is 5.91. The molecule has 0 aliphatic heterocycles. The van der Waals surface area contributed by atoms with E-state index in [1.54, 1.807) is 11.8 Å². The summed E-state index contributed by atoms with van der Waals surface area (Å²) in [6.07, 6.45) is 7.79. The van der Waals surface area contributed by atoms with Crippen LogP contribution >= 0.6 is 24.2 Å². The van der Waals surface area contributed by atoms with Crippen molar-refractivity contribution in [1.29, 1.82) is 0 Å². The Bertz CT molecular complexity index is 298. The highest BCUT2D eigenvalue weighted by Gasteiger charge is 2.13. The van der Waals surface area contributed by atoms with Gasteiger partial charge in [-0.1, -0.05) is 43.2 Å². The number of nitrogens with one attached hydrogen (secondary N) is 1. The molecule has 0 saturated heterocycles. The molecule has 0 aromatic rings. The number of amidine groups is 1. The maximum Gasteiger partial charge on any atom is 0.162 e. The van der Waals surface area contributed by atoms with Crippen molar-refractivity contribution in [2.75, 3.05) is 5.75 Å². The van der Waals surface area contributed by atoms with Crippen LogP contribution in [0.4, 0.5) is 0 Å². The van der Waals surface area contributed by atoms with Crippen molar-refractivity contribution in [2.24, 2.45) is 15.9 Å². The highest BCUT2D eigenvalue weighted by Crippen LogP contribution is 2.21. The summed E-state index contributed by atoms with van der Waals surface area (Å²) in [5.41, 5.74) is 1.14. The van der Waals surface area contributed by atoms with Gasteiger partial charge in [0.25, 0.3) is 0 Å². The average Bonchev–Trinajstić information content (AvgIpc) is 2.34. The lowest BCUT2D eigenvalue weighted by atomic mass is 9.96. The SMILES string of the molecule is C=C(C)CSC(=NC1CCCCC1)N/C=N\N.Cl. The van der Waals surface area contributed by atoms with Crippen LogP contribution in [0.15, 0.2) is 22.2 Å². The predicted molar refractivity (Wildman–Crippen MR) is 84.6 cm³/mol. The third-order valence-electron chi connectivity index (χ3n) is 2.59. The molecule has 1 rings (SSSR count). The molecule has 1 aliphatic carbocycles. The van der Waals surface area contributed by atoms with Crippen molar-refractivity contribution in [3.8, 4) is 0 Å². The van der Waals surface area contributed by atoms with Crippen LogP contribution in [0.5, 0.6) is 0 Å². The normalized spacial score (nSPS) is 17.5. The zero-order chi connectivity index (χ0) is 12.5. The van der Waals surface area contributed by atoms with E-state index in [0.717, 1.165) is 16.5 Å². The molecule has 0 spiro atoms. The summed E-state index contributed by atoms with van der Waals surface area (Å²) in [5, 5.41) is 7.37.